The van der Waals surface area contributed by atoms with E-state index in [1.54, 1.807) is 13.8 Å². The van der Waals surface area contributed by atoms with E-state index in [4.69, 9.17) is 0 Å². The summed E-state index contributed by atoms with van der Waals surface area (Å²) in [6.07, 6.45) is 0.766. The van der Waals surface area contributed by atoms with Crippen LogP contribution < -0.4 is 5.32 Å². The number of rotatable bonds is 6. The number of aromatic nitrogens is 1. The van der Waals surface area contributed by atoms with E-state index < -0.39 is 10.5 Å². The molecule has 0 unspecified atom stereocenters. The molecule has 0 saturated heterocycles. The molecule has 6 nitrogen and oxygen atoms in total. The topological polar surface area (TPSA) is 88.3 Å². The minimum Gasteiger partial charge on any atom is -0.389 e. The summed E-state index contributed by atoms with van der Waals surface area (Å²) in [7, 11) is 0. The summed E-state index contributed by atoms with van der Waals surface area (Å²) in [4.78, 5) is 15.3. The van der Waals surface area contributed by atoms with Gasteiger partial charge >= 0.3 is 5.69 Å². The zero-order valence-corrected chi connectivity index (χ0v) is 14.8. The molecule has 3 rings (SSSR count). The van der Waals surface area contributed by atoms with Crippen molar-refractivity contribution >= 4 is 22.4 Å². The monoisotopic (exact) mass is 351 g/mol. The van der Waals surface area contributed by atoms with Crippen LogP contribution in [0.4, 0.5) is 11.5 Å². The maximum atomic E-state index is 11.4. The van der Waals surface area contributed by atoms with Crippen LogP contribution in [0.25, 0.3) is 10.9 Å². The molecule has 0 aliphatic heterocycles. The minimum atomic E-state index is -1.00. The third-order valence-electron chi connectivity index (χ3n) is 4.00. The van der Waals surface area contributed by atoms with E-state index in [0.717, 1.165) is 12.0 Å². The zero-order chi connectivity index (χ0) is 18.7. The molecular formula is C20H21N3O3. The predicted molar refractivity (Wildman–Crippen MR) is 102 cm³/mol. The van der Waals surface area contributed by atoms with E-state index in [-0.39, 0.29) is 18.1 Å². The lowest BCUT2D eigenvalue weighted by Gasteiger charge is -2.18. The van der Waals surface area contributed by atoms with Crippen molar-refractivity contribution in [3.8, 4) is 0 Å². The van der Waals surface area contributed by atoms with Gasteiger partial charge in [-0.05, 0) is 37.5 Å². The smallest absolute Gasteiger partial charge is 0.312 e. The van der Waals surface area contributed by atoms with Crippen molar-refractivity contribution in [1.82, 2.24) is 4.98 Å². The maximum Gasteiger partial charge on any atom is 0.312 e. The Bertz CT molecular complexity index is 934. The number of pyridine rings is 1. The lowest BCUT2D eigenvalue weighted by Crippen LogP contribution is -2.29. The molecule has 134 valence electrons. The van der Waals surface area contributed by atoms with E-state index in [1.807, 2.05) is 36.4 Å². The van der Waals surface area contributed by atoms with E-state index in [2.05, 4.69) is 22.4 Å². The normalized spacial score (nSPS) is 11.5. The highest BCUT2D eigenvalue weighted by Crippen LogP contribution is 2.28. The fourth-order valence-electron chi connectivity index (χ4n) is 2.71. The number of nitrogens with zero attached hydrogens (tertiary/aromatic N) is 2. The Morgan fingerprint density at radius 2 is 1.85 bits per heavy atom. The number of hydrogen-bond donors (Lipinski definition) is 2. The maximum absolute atomic E-state index is 11.4. The molecule has 1 heterocycles. The van der Waals surface area contributed by atoms with E-state index in [9.17, 15) is 15.2 Å². The fourth-order valence-corrected chi connectivity index (χ4v) is 2.71. The number of benzene rings is 2. The van der Waals surface area contributed by atoms with Crippen LogP contribution in [0.3, 0.4) is 0 Å². The number of nitrogens with one attached hydrogen (secondary N) is 1. The Morgan fingerprint density at radius 3 is 2.50 bits per heavy atom. The summed E-state index contributed by atoms with van der Waals surface area (Å²) in [5, 5.41) is 24.8. The number of nitro groups is 1. The molecule has 1 aromatic heterocycles. The van der Waals surface area contributed by atoms with Gasteiger partial charge in [0, 0.05) is 18.0 Å². The second-order valence-electron chi connectivity index (χ2n) is 6.97. The van der Waals surface area contributed by atoms with Gasteiger partial charge < -0.3 is 10.4 Å². The van der Waals surface area contributed by atoms with Crippen LogP contribution in [-0.4, -0.2) is 27.2 Å². The predicted octanol–water partition coefficient (Wildman–Crippen LogP) is 3.92. The first-order valence-corrected chi connectivity index (χ1v) is 8.40. The van der Waals surface area contributed by atoms with Gasteiger partial charge in [-0.3, -0.25) is 10.1 Å². The summed E-state index contributed by atoms with van der Waals surface area (Å²) in [6, 6.07) is 17.4. The van der Waals surface area contributed by atoms with Gasteiger partial charge in [0.05, 0.1) is 16.0 Å². The molecule has 0 bridgehead atoms. The Balaban J connectivity index is 1.97. The Kier molecular flexibility index (Phi) is 4.86. The molecule has 3 aromatic rings. The van der Waals surface area contributed by atoms with E-state index >= 15 is 0 Å². The fraction of sp³-hybridized carbons (Fsp3) is 0.250. The van der Waals surface area contributed by atoms with Crippen LogP contribution in [0.15, 0.2) is 54.6 Å². The molecule has 0 aliphatic rings. The number of anilines is 1. The molecule has 0 saturated carbocycles. The van der Waals surface area contributed by atoms with Crippen LogP contribution >= 0.6 is 0 Å². The van der Waals surface area contributed by atoms with Crippen molar-refractivity contribution < 1.29 is 10.0 Å². The first kappa shape index (κ1) is 17.8. The van der Waals surface area contributed by atoms with Crippen LogP contribution in [0.1, 0.15) is 25.0 Å². The minimum absolute atomic E-state index is 0.0995. The lowest BCUT2D eigenvalue weighted by molar-refractivity contribution is -0.384. The van der Waals surface area contributed by atoms with E-state index in [1.165, 1.54) is 11.6 Å². The van der Waals surface area contributed by atoms with Crippen LogP contribution in [0.2, 0.25) is 0 Å². The number of aliphatic hydroxyl groups is 1. The first-order chi connectivity index (χ1) is 12.3. The van der Waals surface area contributed by atoms with Crippen LogP contribution in [0.5, 0.6) is 0 Å². The standard InChI is InChI=1S/C20H21N3O3/c1-20(2,24)13-21-19-18(23(25)26)12-16-9-8-15(11-17(16)22-19)10-14-6-4-3-5-7-14/h3-9,11-12,24H,10,13H2,1-2H3,(H,21,22). The zero-order valence-electron chi connectivity index (χ0n) is 14.8. The van der Waals surface area contributed by atoms with Gasteiger partial charge in [-0.15, -0.1) is 0 Å². The van der Waals surface area contributed by atoms with Gasteiger partial charge in [-0.2, -0.15) is 0 Å². The molecule has 0 spiro atoms. The molecule has 6 heteroatoms. The van der Waals surface area contributed by atoms with Crippen LogP contribution in [-0.2, 0) is 6.42 Å². The molecule has 2 aromatic carbocycles. The molecule has 2 N–H and O–H groups in total. The first-order valence-electron chi connectivity index (χ1n) is 8.40. The lowest BCUT2D eigenvalue weighted by atomic mass is 10.0. The van der Waals surface area contributed by atoms with Gasteiger partial charge in [0.15, 0.2) is 0 Å². The average Bonchev–Trinajstić information content (AvgIpc) is 2.59. The van der Waals surface area contributed by atoms with Gasteiger partial charge in [-0.25, -0.2) is 4.98 Å². The largest absolute Gasteiger partial charge is 0.389 e. The summed E-state index contributed by atoms with van der Waals surface area (Å²) < 4.78 is 0. The second kappa shape index (κ2) is 7.09. The average molecular weight is 351 g/mol. The van der Waals surface area contributed by atoms with Gasteiger partial charge in [0.2, 0.25) is 5.82 Å². The van der Waals surface area contributed by atoms with E-state index in [0.29, 0.717) is 10.9 Å². The molecule has 0 amide bonds. The highest BCUT2D eigenvalue weighted by Gasteiger charge is 2.20. The van der Waals surface area contributed by atoms with Crippen molar-refractivity contribution in [2.45, 2.75) is 25.9 Å². The number of fused-ring (bicyclic) bond motifs is 1. The molecule has 0 radical (unpaired) electrons. The molecule has 26 heavy (non-hydrogen) atoms. The van der Waals surface area contributed by atoms with Crippen molar-refractivity contribution in [3.05, 3.63) is 75.8 Å². The third kappa shape index (κ3) is 4.34. The highest BCUT2D eigenvalue weighted by molar-refractivity contribution is 5.85. The van der Waals surface area contributed by atoms with Crippen molar-refractivity contribution in [2.24, 2.45) is 0 Å². The SMILES string of the molecule is CC(C)(O)CNc1nc2cc(Cc3ccccc3)ccc2cc1[N+](=O)[O-]. The summed E-state index contributed by atoms with van der Waals surface area (Å²) in [5.74, 6) is 0.168. The van der Waals surface area contributed by atoms with Crippen LogP contribution in [0, 0.1) is 10.1 Å². The Labute approximate surface area is 151 Å². The summed E-state index contributed by atoms with van der Waals surface area (Å²) in [6.45, 7) is 3.42. The quantitative estimate of drug-likeness (QED) is 0.519. The molecular weight excluding hydrogens is 330 g/mol. The highest BCUT2D eigenvalue weighted by atomic mass is 16.6. The van der Waals surface area contributed by atoms with Crippen molar-refractivity contribution in [1.29, 1.82) is 0 Å². The van der Waals surface area contributed by atoms with Gasteiger partial charge in [-0.1, -0.05) is 42.5 Å². The summed E-state index contributed by atoms with van der Waals surface area (Å²) in [5.41, 5.74) is 1.85. The Hall–Kier alpha value is -2.99. The Morgan fingerprint density at radius 1 is 1.12 bits per heavy atom. The second-order valence-corrected chi connectivity index (χ2v) is 6.97. The van der Waals surface area contributed by atoms with Gasteiger partial charge in [0.1, 0.15) is 0 Å². The van der Waals surface area contributed by atoms with Crippen molar-refractivity contribution in [3.63, 3.8) is 0 Å². The molecule has 0 aliphatic carbocycles. The molecule has 0 atom stereocenters. The third-order valence-corrected chi connectivity index (χ3v) is 4.00. The molecule has 0 fully saturated rings. The van der Waals surface area contributed by atoms with Gasteiger partial charge in [0.25, 0.3) is 0 Å². The summed E-state index contributed by atoms with van der Waals surface area (Å²) >= 11 is 0. The van der Waals surface area contributed by atoms with Crippen molar-refractivity contribution in [2.75, 3.05) is 11.9 Å². The number of hydrogen-bond acceptors (Lipinski definition) is 5.